The molecule has 1 amide bonds. The third kappa shape index (κ3) is 5.53. The van der Waals surface area contributed by atoms with Gasteiger partial charge in [0.2, 0.25) is 0 Å². The zero-order valence-electron chi connectivity index (χ0n) is 19.9. The Morgan fingerprint density at radius 3 is 2.55 bits per heavy atom. The summed E-state index contributed by atoms with van der Waals surface area (Å²) in [7, 11) is 0. The molecule has 0 saturated heterocycles. The number of para-hydroxylation sites is 1. The van der Waals surface area contributed by atoms with Gasteiger partial charge in [-0.25, -0.2) is 4.99 Å². The molecule has 0 fully saturated rings. The third-order valence-corrected chi connectivity index (χ3v) is 7.41. The van der Waals surface area contributed by atoms with Crippen molar-refractivity contribution >= 4 is 34.1 Å². The van der Waals surface area contributed by atoms with Crippen LogP contribution in [0.25, 0.3) is 0 Å². The minimum Gasteiger partial charge on any atom is -0.494 e. The first-order valence-corrected chi connectivity index (χ1v) is 12.4. The van der Waals surface area contributed by atoms with Gasteiger partial charge in [-0.2, -0.15) is 0 Å². The van der Waals surface area contributed by atoms with Crippen molar-refractivity contribution in [2.24, 2.45) is 16.3 Å². The highest BCUT2D eigenvalue weighted by Gasteiger charge is 2.33. The van der Waals surface area contributed by atoms with Crippen LogP contribution in [-0.2, 0) is 12.8 Å². The minimum atomic E-state index is -0.0771. The summed E-state index contributed by atoms with van der Waals surface area (Å²) in [4.78, 5) is 19.5. The second-order valence-electron chi connectivity index (χ2n) is 9.57. The van der Waals surface area contributed by atoms with Gasteiger partial charge >= 0.3 is 0 Å². The van der Waals surface area contributed by atoms with E-state index in [2.05, 4.69) is 26.1 Å². The second kappa shape index (κ2) is 9.92. The van der Waals surface area contributed by atoms with E-state index in [1.807, 2.05) is 67.7 Å². The third-order valence-electron chi connectivity index (χ3n) is 6.25. The molecule has 0 unspecified atom stereocenters. The van der Waals surface area contributed by atoms with Crippen molar-refractivity contribution in [1.82, 2.24) is 0 Å². The van der Waals surface area contributed by atoms with Crippen LogP contribution in [0.15, 0.2) is 59.6 Å². The minimum absolute atomic E-state index is 0.0771. The molecule has 0 bridgehead atoms. The van der Waals surface area contributed by atoms with Gasteiger partial charge in [0.1, 0.15) is 10.8 Å². The monoisotopic (exact) mass is 460 g/mol. The Bertz CT molecular complexity index is 1130. The fraction of sp³-hybridized carbons (Fsp3) is 0.357. The summed E-state index contributed by atoms with van der Waals surface area (Å²) in [5, 5.41) is 3.86. The van der Waals surface area contributed by atoms with Gasteiger partial charge in [0, 0.05) is 16.8 Å². The number of nitrogens with zero attached hydrogens (tertiary/aromatic N) is 1. The number of fused-ring (bicyclic) bond motifs is 1. The van der Waals surface area contributed by atoms with Crippen LogP contribution >= 0.6 is 11.3 Å². The van der Waals surface area contributed by atoms with E-state index in [1.54, 1.807) is 11.3 Å². The highest BCUT2D eigenvalue weighted by Crippen LogP contribution is 2.45. The molecule has 5 heteroatoms. The molecule has 0 radical (unpaired) electrons. The van der Waals surface area contributed by atoms with Gasteiger partial charge in [-0.05, 0) is 85.0 Å². The number of hydrogen-bond donors (Lipinski definition) is 1. The van der Waals surface area contributed by atoms with E-state index in [0.717, 1.165) is 46.8 Å². The number of nitrogens with one attached hydrogen (secondary N) is 1. The maximum atomic E-state index is 13.4. The zero-order valence-corrected chi connectivity index (χ0v) is 20.7. The van der Waals surface area contributed by atoms with Crippen LogP contribution in [0.4, 0.5) is 10.7 Å². The van der Waals surface area contributed by atoms with Gasteiger partial charge in [0.05, 0.1) is 12.2 Å². The molecule has 0 saturated carbocycles. The van der Waals surface area contributed by atoms with Crippen molar-refractivity contribution in [3.8, 4) is 5.75 Å². The number of carbonyl (C=O) groups excluding carboxylic acids is 1. The summed E-state index contributed by atoms with van der Waals surface area (Å²) in [6.07, 6.45) is 4.87. The molecule has 1 atom stereocenters. The molecule has 1 aromatic heterocycles. The number of anilines is 1. The lowest BCUT2D eigenvalue weighted by molar-refractivity contribution is 0.102. The second-order valence-corrected chi connectivity index (χ2v) is 10.7. The Hall–Kier alpha value is -2.92. The molecule has 33 heavy (non-hydrogen) atoms. The number of benzene rings is 2. The average molecular weight is 461 g/mol. The zero-order chi connectivity index (χ0) is 23.4. The van der Waals surface area contributed by atoms with Crippen molar-refractivity contribution in [2.75, 3.05) is 11.9 Å². The first-order chi connectivity index (χ1) is 15.8. The molecule has 0 spiro atoms. The van der Waals surface area contributed by atoms with Crippen molar-refractivity contribution in [3.63, 3.8) is 0 Å². The molecule has 1 aliphatic carbocycles. The summed E-state index contributed by atoms with van der Waals surface area (Å²) in [5.41, 5.74) is 3.93. The molecule has 0 aliphatic heterocycles. The number of ether oxygens (including phenoxy) is 1. The van der Waals surface area contributed by atoms with Crippen molar-refractivity contribution < 1.29 is 9.53 Å². The summed E-state index contributed by atoms with van der Waals surface area (Å²) in [5.74, 6) is 1.38. The average Bonchev–Trinajstić information content (AvgIpc) is 3.17. The molecular formula is C28H32N2O2S. The number of carbonyl (C=O) groups is 1. The largest absolute Gasteiger partial charge is 0.494 e. The van der Waals surface area contributed by atoms with E-state index < -0.39 is 0 Å². The Balaban J connectivity index is 1.66. The predicted molar refractivity (Wildman–Crippen MR) is 139 cm³/mol. The summed E-state index contributed by atoms with van der Waals surface area (Å²) in [6, 6.07) is 17.5. The molecule has 1 N–H and O–H groups in total. The van der Waals surface area contributed by atoms with E-state index in [0.29, 0.717) is 12.5 Å². The van der Waals surface area contributed by atoms with Gasteiger partial charge in [-0.15, -0.1) is 11.3 Å². The Morgan fingerprint density at radius 1 is 1.15 bits per heavy atom. The fourth-order valence-corrected chi connectivity index (χ4v) is 5.57. The van der Waals surface area contributed by atoms with Gasteiger partial charge in [0.15, 0.2) is 0 Å². The van der Waals surface area contributed by atoms with Gasteiger partial charge < -0.3 is 10.1 Å². The summed E-state index contributed by atoms with van der Waals surface area (Å²) >= 11 is 1.67. The van der Waals surface area contributed by atoms with Crippen LogP contribution in [-0.4, -0.2) is 18.7 Å². The molecule has 3 aromatic rings. The number of rotatable bonds is 6. The van der Waals surface area contributed by atoms with Crippen molar-refractivity contribution in [3.05, 3.63) is 76.2 Å². The quantitative estimate of drug-likeness (QED) is 0.392. The first kappa shape index (κ1) is 23.2. The van der Waals surface area contributed by atoms with Crippen LogP contribution in [0.1, 0.15) is 60.5 Å². The van der Waals surface area contributed by atoms with Crippen LogP contribution in [0.3, 0.4) is 0 Å². The van der Waals surface area contributed by atoms with E-state index in [9.17, 15) is 4.79 Å². The van der Waals surface area contributed by atoms with Gasteiger partial charge in [0.25, 0.3) is 5.91 Å². The molecule has 4 nitrogen and oxygen atoms in total. The number of hydrogen-bond acceptors (Lipinski definition) is 4. The number of aliphatic imine (C=N–C) groups is 1. The maximum absolute atomic E-state index is 13.4. The van der Waals surface area contributed by atoms with Crippen LogP contribution in [0.2, 0.25) is 0 Å². The van der Waals surface area contributed by atoms with E-state index in [4.69, 9.17) is 9.73 Å². The standard InChI is InChI=1S/C28H32N2O2S/c1-5-32-22-14-11-19(12-15-22)18-29-27-25(26(31)30-21-9-7-6-8-10-21)23-16-13-20(28(2,3)4)17-24(23)33-27/h6-12,14-15,18,20H,5,13,16-17H2,1-4H3,(H,30,31)/t20-/m0/s1. The number of amides is 1. The molecule has 172 valence electrons. The van der Waals surface area contributed by atoms with E-state index >= 15 is 0 Å². The first-order valence-electron chi connectivity index (χ1n) is 11.6. The molecular weight excluding hydrogens is 428 g/mol. The van der Waals surface area contributed by atoms with E-state index in [1.165, 1.54) is 10.4 Å². The number of thiophene rings is 1. The summed E-state index contributed by atoms with van der Waals surface area (Å²) < 4.78 is 5.53. The van der Waals surface area contributed by atoms with Crippen LogP contribution < -0.4 is 10.1 Å². The Labute approximate surface area is 200 Å². The van der Waals surface area contributed by atoms with Crippen LogP contribution in [0, 0.1) is 11.3 Å². The topological polar surface area (TPSA) is 50.7 Å². The highest BCUT2D eigenvalue weighted by molar-refractivity contribution is 7.16. The normalized spacial score (nSPS) is 15.9. The summed E-state index contributed by atoms with van der Waals surface area (Å²) in [6.45, 7) is 9.54. The van der Waals surface area contributed by atoms with E-state index in [-0.39, 0.29) is 11.3 Å². The molecule has 1 heterocycles. The van der Waals surface area contributed by atoms with Gasteiger partial charge in [-0.3, -0.25) is 4.79 Å². The molecule has 4 rings (SSSR count). The predicted octanol–water partition coefficient (Wildman–Crippen LogP) is 7.30. The molecule has 2 aromatic carbocycles. The lowest BCUT2D eigenvalue weighted by Crippen LogP contribution is -2.27. The Morgan fingerprint density at radius 2 is 1.88 bits per heavy atom. The molecule has 1 aliphatic rings. The van der Waals surface area contributed by atoms with Gasteiger partial charge in [-0.1, -0.05) is 39.0 Å². The van der Waals surface area contributed by atoms with Crippen LogP contribution in [0.5, 0.6) is 5.75 Å². The fourth-order valence-electron chi connectivity index (χ4n) is 4.30. The lowest BCUT2D eigenvalue weighted by atomic mass is 9.72. The maximum Gasteiger partial charge on any atom is 0.259 e. The van der Waals surface area contributed by atoms with Crippen molar-refractivity contribution in [1.29, 1.82) is 0 Å². The van der Waals surface area contributed by atoms with Crippen molar-refractivity contribution in [2.45, 2.75) is 47.0 Å². The SMILES string of the molecule is CCOc1ccc(C=Nc2sc3c(c2C(=O)Nc2ccccc2)CC[C@H](C(C)(C)C)C3)cc1. The lowest BCUT2D eigenvalue weighted by Gasteiger charge is -2.33. The smallest absolute Gasteiger partial charge is 0.259 e. The Kier molecular flexibility index (Phi) is 6.99. The highest BCUT2D eigenvalue weighted by atomic mass is 32.1.